The molecule has 2 aromatic rings. The molecule has 0 atom stereocenters. The molecule has 0 radical (unpaired) electrons. The summed E-state index contributed by atoms with van der Waals surface area (Å²) in [4.78, 5) is 7.28. The van der Waals surface area contributed by atoms with Gasteiger partial charge in [-0.1, -0.05) is 36.9 Å². The molecule has 116 valence electrons. The number of fused-ring (bicyclic) bond motifs is 4. The fraction of sp³-hybridized carbons (Fsp3) is 0.182. The van der Waals surface area contributed by atoms with Crippen LogP contribution in [-0.2, 0) is 6.54 Å². The lowest BCUT2D eigenvalue weighted by Crippen LogP contribution is -2.22. The van der Waals surface area contributed by atoms with Crippen LogP contribution < -0.4 is 0 Å². The van der Waals surface area contributed by atoms with Crippen molar-refractivity contribution < 1.29 is 0 Å². The first kappa shape index (κ1) is 13.6. The van der Waals surface area contributed by atoms with Gasteiger partial charge in [-0.3, -0.25) is 0 Å². The van der Waals surface area contributed by atoms with Gasteiger partial charge in [0.25, 0.3) is 0 Å². The third-order valence-corrected chi connectivity index (χ3v) is 5.26. The average Bonchev–Trinajstić information content (AvgIpc) is 2.94. The van der Waals surface area contributed by atoms with E-state index in [0.717, 1.165) is 42.7 Å². The van der Waals surface area contributed by atoms with Gasteiger partial charge in [-0.15, -0.1) is 5.73 Å². The standard InChI is InChI=1S/C22H18N2/c1-3-20-18-9-8-14(2)10-16(18)12-21-22-17(13-24(20)21)11-15-6-4-5-7-19(15)23-22/h4-7,11-12H,1-2,8-10,13H2. The first-order chi connectivity index (χ1) is 11.7. The normalized spacial score (nSPS) is 19.0. The largest absolute Gasteiger partial charge is 0.328 e. The number of allylic oxidation sites excluding steroid dienone is 4. The third-order valence-electron chi connectivity index (χ3n) is 5.26. The van der Waals surface area contributed by atoms with E-state index in [0.29, 0.717) is 0 Å². The molecule has 2 heteroatoms. The number of hydrogen-bond donors (Lipinski definition) is 0. The molecule has 3 aliphatic rings. The zero-order chi connectivity index (χ0) is 16.3. The summed E-state index contributed by atoms with van der Waals surface area (Å²) in [6.45, 7) is 9.01. The first-order valence-electron chi connectivity index (χ1n) is 8.42. The molecule has 0 fully saturated rings. The van der Waals surface area contributed by atoms with Crippen molar-refractivity contribution in [1.82, 2.24) is 9.88 Å². The maximum atomic E-state index is 4.95. The van der Waals surface area contributed by atoms with Crippen LogP contribution in [0.5, 0.6) is 0 Å². The zero-order valence-corrected chi connectivity index (χ0v) is 13.6. The summed E-state index contributed by atoms with van der Waals surface area (Å²) >= 11 is 0. The van der Waals surface area contributed by atoms with Crippen molar-refractivity contribution in [3.8, 4) is 0 Å². The Morgan fingerprint density at radius 1 is 1.17 bits per heavy atom. The lowest BCUT2D eigenvalue weighted by Gasteiger charge is -2.32. The Bertz CT molecular complexity index is 1030. The predicted molar refractivity (Wildman–Crippen MR) is 97.9 cm³/mol. The van der Waals surface area contributed by atoms with Crippen molar-refractivity contribution in [2.75, 3.05) is 0 Å². The minimum absolute atomic E-state index is 0.856. The molecule has 1 aromatic heterocycles. The van der Waals surface area contributed by atoms with Crippen LogP contribution in [0.3, 0.4) is 0 Å². The van der Waals surface area contributed by atoms with E-state index in [9.17, 15) is 0 Å². The van der Waals surface area contributed by atoms with Gasteiger partial charge in [-0.05, 0) is 48.6 Å². The van der Waals surface area contributed by atoms with Crippen LogP contribution >= 0.6 is 0 Å². The SMILES string of the molecule is C=C=C1C2=C(C=C3c4nc5ccccc5cc4CN13)CC(=C)CC2. The molecule has 0 saturated carbocycles. The van der Waals surface area contributed by atoms with E-state index in [1.54, 1.807) is 0 Å². The minimum Gasteiger partial charge on any atom is -0.328 e. The van der Waals surface area contributed by atoms with Gasteiger partial charge in [-0.25, -0.2) is 4.98 Å². The smallest absolute Gasteiger partial charge is 0.0924 e. The van der Waals surface area contributed by atoms with Crippen molar-refractivity contribution in [1.29, 1.82) is 0 Å². The number of benzene rings is 1. The van der Waals surface area contributed by atoms with Crippen LogP contribution in [0.4, 0.5) is 0 Å². The third kappa shape index (κ3) is 1.81. The molecule has 3 heterocycles. The van der Waals surface area contributed by atoms with Crippen LogP contribution in [0.2, 0.25) is 0 Å². The van der Waals surface area contributed by atoms with E-state index >= 15 is 0 Å². The maximum Gasteiger partial charge on any atom is 0.0924 e. The van der Waals surface area contributed by atoms with Gasteiger partial charge in [0.1, 0.15) is 0 Å². The van der Waals surface area contributed by atoms with Crippen molar-refractivity contribution in [3.05, 3.63) is 89.0 Å². The fourth-order valence-electron chi connectivity index (χ4n) is 4.10. The van der Waals surface area contributed by atoms with Crippen LogP contribution in [-0.4, -0.2) is 9.88 Å². The van der Waals surface area contributed by atoms with Gasteiger partial charge in [0.05, 0.1) is 29.1 Å². The zero-order valence-electron chi connectivity index (χ0n) is 13.6. The number of rotatable bonds is 0. The van der Waals surface area contributed by atoms with E-state index in [1.165, 1.54) is 33.4 Å². The number of para-hydroxylation sites is 1. The van der Waals surface area contributed by atoms with Gasteiger partial charge >= 0.3 is 0 Å². The molecular weight excluding hydrogens is 292 g/mol. The molecule has 1 aliphatic carbocycles. The second-order valence-corrected chi connectivity index (χ2v) is 6.76. The van der Waals surface area contributed by atoms with Crippen molar-refractivity contribution in [2.45, 2.75) is 25.8 Å². The van der Waals surface area contributed by atoms with Crippen LogP contribution in [0, 0.1) is 0 Å². The lowest BCUT2D eigenvalue weighted by molar-refractivity contribution is 0.501. The Balaban J connectivity index is 1.74. The molecule has 0 unspecified atom stereocenters. The maximum absolute atomic E-state index is 4.95. The van der Waals surface area contributed by atoms with E-state index in [4.69, 9.17) is 4.98 Å². The molecule has 5 rings (SSSR count). The number of aromatic nitrogens is 1. The summed E-state index contributed by atoms with van der Waals surface area (Å²) in [5.41, 5.74) is 13.0. The summed E-state index contributed by atoms with van der Waals surface area (Å²) in [5.74, 6) is 0. The Labute approximate surface area is 141 Å². The predicted octanol–water partition coefficient (Wildman–Crippen LogP) is 5.11. The summed E-state index contributed by atoms with van der Waals surface area (Å²) in [6.07, 6.45) is 5.38. The monoisotopic (exact) mass is 310 g/mol. The Hall–Kier alpha value is -2.83. The fourth-order valence-corrected chi connectivity index (χ4v) is 4.10. The van der Waals surface area contributed by atoms with Crippen LogP contribution in [0.1, 0.15) is 30.5 Å². The second kappa shape index (κ2) is 4.83. The van der Waals surface area contributed by atoms with Crippen LogP contribution in [0.25, 0.3) is 16.6 Å². The topological polar surface area (TPSA) is 16.1 Å². The summed E-state index contributed by atoms with van der Waals surface area (Å²) < 4.78 is 0. The van der Waals surface area contributed by atoms with Gasteiger partial charge in [0, 0.05) is 10.9 Å². The molecule has 1 aromatic carbocycles. The van der Waals surface area contributed by atoms with E-state index in [2.05, 4.69) is 54.1 Å². The Morgan fingerprint density at radius 2 is 2.04 bits per heavy atom. The summed E-state index contributed by atoms with van der Waals surface area (Å²) in [7, 11) is 0. The molecule has 0 spiro atoms. The number of nitrogens with zero attached hydrogens (tertiary/aromatic N) is 2. The van der Waals surface area contributed by atoms with Crippen molar-refractivity contribution in [2.24, 2.45) is 0 Å². The second-order valence-electron chi connectivity index (χ2n) is 6.76. The summed E-state index contributed by atoms with van der Waals surface area (Å²) in [5, 5.41) is 1.20. The quantitative estimate of drug-likeness (QED) is 0.496. The summed E-state index contributed by atoms with van der Waals surface area (Å²) in [6, 6.07) is 10.6. The molecule has 2 nitrogen and oxygen atoms in total. The molecule has 24 heavy (non-hydrogen) atoms. The molecule has 2 aliphatic heterocycles. The molecular formula is C22H18N2. The minimum atomic E-state index is 0.856. The van der Waals surface area contributed by atoms with Crippen molar-refractivity contribution in [3.63, 3.8) is 0 Å². The van der Waals surface area contributed by atoms with Gasteiger partial charge in [0.15, 0.2) is 0 Å². The number of pyridine rings is 1. The van der Waals surface area contributed by atoms with Gasteiger partial charge in [0.2, 0.25) is 0 Å². The van der Waals surface area contributed by atoms with E-state index in [-0.39, 0.29) is 0 Å². The van der Waals surface area contributed by atoms with Gasteiger partial charge in [-0.2, -0.15) is 0 Å². The van der Waals surface area contributed by atoms with E-state index in [1.807, 2.05) is 6.07 Å². The highest BCUT2D eigenvalue weighted by Gasteiger charge is 2.34. The number of hydrogen-bond acceptors (Lipinski definition) is 2. The van der Waals surface area contributed by atoms with Crippen LogP contribution in [0.15, 0.2) is 77.7 Å². The van der Waals surface area contributed by atoms with E-state index < -0.39 is 0 Å². The highest BCUT2D eigenvalue weighted by atomic mass is 15.2. The Morgan fingerprint density at radius 3 is 2.92 bits per heavy atom. The highest BCUT2D eigenvalue weighted by Crippen LogP contribution is 2.46. The molecule has 0 N–H and O–H groups in total. The molecule has 0 amide bonds. The molecule has 0 saturated heterocycles. The lowest BCUT2D eigenvalue weighted by atomic mass is 9.84. The van der Waals surface area contributed by atoms with Crippen molar-refractivity contribution >= 4 is 16.6 Å². The average molecular weight is 310 g/mol. The molecule has 0 bridgehead atoms. The highest BCUT2D eigenvalue weighted by molar-refractivity contribution is 5.85. The van der Waals surface area contributed by atoms with Gasteiger partial charge < -0.3 is 4.90 Å². The Kier molecular flexibility index (Phi) is 2.74. The first-order valence-corrected chi connectivity index (χ1v) is 8.42.